The van der Waals surface area contributed by atoms with Crippen LogP contribution in [0.2, 0.25) is 0 Å². The first-order chi connectivity index (χ1) is 9.51. The molecule has 1 saturated heterocycles. The van der Waals surface area contributed by atoms with Crippen LogP contribution in [-0.4, -0.2) is 42.2 Å². The van der Waals surface area contributed by atoms with Crippen LogP contribution in [0.15, 0.2) is 24.3 Å². The number of carboxylic acid groups (broad SMARTS) is 1. The summed E-state index contributed by atoms with van der Waals surface area (Å²) in [6, 6.07) is 6.71. The number of hydrogen-bond acceptors (Lipinski definition) is 3. The number of likely N-dealkylation sites (tertiary alicyclic amines) is 1. The highest BCUT2D eigenvalue weighted by atomic mass is 16.5. The van der Waals surface area contributed by atoms with E-state index in [0.29, 0.717) is 18.0 Å². The number of nitrogens with zero attached hydrogens (tertiary/aromatic N) is 1. The molecule has 0 saturated carbocycles. The van der Waals surface area contributed by atoms with Crippen LogP contribution < -0.4 is 10.1 Å². The van der Waals surface area contributed by atoms with Gasteiger partial charge in [-0.25, -0.2) is 4.79 Å². The van der Waals surface area contributed by atoms with E-state index in [2.05, 4.69) is 5.32 Å². The smallest absolute Gasteiger partial charge is 0.321 e. The van der Waals surface area contributed by atoms with Crippen LogP contribution in [0.5, 0.6) is 5.75 Å². The van der Waals surface area contributed by atoms with Crippen molar-refractivity contribution in [2.75, 3.05) is 25.5 Å². The van der Waals surface area contributed by atoms with E-state index in [9.17, 15) is 9.59 Å². The van der Waals surface area contributed by atoms with Gasteiger partial charge >= 0.3 is 12.0 Å². The Bertz CT molecular complexity index is 500. The van der Waals surface area contributed by atoms with E-state index in [1.54, 1.807) is 31.4 Å². The normalized spacial score (nSPS) is 21.6. The Hall–Kier alpha value is -2.24. The summed E-state index contributed by atoms with van der Waals surface area (Å²) in [5.74, 6) is -0.660. The van der Waals surface area contributed by atoms with Crippen molar-refractivity contribution in [2.45, 2.75) is 6.92 Å². The first-order valence-corrected chi connectivity index (χ1v) is 6.44. The molecular weight excluding hydrogens is 260 g/mol. The summed E-state index contributed by atoms with van der Waals surface area (Å²) in [6.45, 7) is 2.55. The molecule has 6 heteroatoms. The number of carbonyl (C=O) groups is 2. The number of amides is 2. The molecule has 1 aromatic carbocycles. The van der Waals surface area contributed by atoms with Gasteiger partial charge in [0.2, 0.25) is 0 Å². The minimum atomic E-state index is -0.850. The molecule has 1 fully saturated rings. The van der Waals surface area contributed by atoms with Crippen molar-refractivity contribution in [2.24, 2.45) is 11.8 Å². The second-order valence-electron chi connectivity index (χ2n) is 4.99. The average Bonchev–Trinajstić information content (AvgIpc) is 2.82. The largest absolute Gasteiger partial charge is 0.497 e. The number of methoxy groups -OCH3 is 1. The molecular formula is C14H18N2O4. The Morgan fingerprint density at radius 1 is 1.30 bits per heavy atom. The van der Waals surface area contributed by atoms with Gasteiger partial charge in [-0.2, -0.15) is 0 Å². The van der Waals surface area contributed by atoms with Crippen LogP contribution in [-0.2, 0) is 4.79 Å². The highest BCUT2D eigenvalue weighted by molar-refractivity contribution is 5.90. The van der Waals surface area contributed by atoms with Gasteiger partial charge in [-0.3, -0.25) is 4.79 Å². The Morgan fingerprint density at radius 2 is 1.95 bits per heavy atom. The van der Waals surface area contributed by atoms with Gasteiger partial charge in [-0.15, -0.1) is 0 Å². The second kappa shape index (κ2) is 5.81. The minimum Gasteiger partial charge on any atom is -0.497 e. The van der Waals surface area contributed by atoms with Gasteiger partial charge in [0.15, 0.2) is 0 Å². The second-order valence-corrected chi connectivity index (χ2v) is 4.99. The van der Waals surface area contributed by atoms with Crippen LogP contribution in [0, 0.1) is 11.8 Å². The third-order valence-corrected chi connectivity index (χ3v) is 3.56. The maximum atomic E-state index is 12.1. The summed E-state index contributed by atoms with van der Waals surface area (Å²) in [4.78, 5) is 24.6. The molecule has 0 bridgehead atoms. The molecule has 1 aliphatic heterocycles. The van der Waals surface area contributed by atoms with Crippen molar-refractivity contribution in [1.82, 2.24) is 4.90 Å². The van der Waals surface area contributed by atoms with E-state index in [1.807, 2.05) is 6.92 Å². The van der Waals surface area contributed by atoms with Crippen molar-refractivity contribution < 1.29 is 19.4 Å². The molecule has 0 aromatic heterocycles. The Labute approximate surface area is 117 Å². The number of aliphatic carboxylic acids is 1. The van der Waals surface area contributed by atoms with Crippen LogP contribution in [0.3, 0.4) is 0 Å². The third-order valence-electron chi connectivity index (χ3n) is 3.56. The molecule has 2 amide bonds. The molecule has 0 spiro atoms. The van der Waals surface area contributed by atoms with E-state index < -0.39 is 11.9 Å². The summed E-state index contributed by atoms with van der Waals surface area (Å²) in [5, 5.41) is 11.8. The number of hydrogen-bond donors (Lipinski definition) is 2. The average molecular weight is 278 g/mol. The zero-order valence-electron chi connectivity index (χ0n) is 11.5. The summed E-state index contributed by atoms with van der Waals surface area (Å²) in [7, 11) is 1.57. The number of ether oxygens (including phenoxy) is 1. The maximum Gasteiger partial charge on any atom is 0.321 e. The van der Waals surface area contributed by atoms with E-state index in [-0.39, 0.29) is 18.5 Å². The molecule has 108 valence electrons. The van der Waals surface area contributed by atoms with E-state index in [4.69, 9.17) is 9.84 Å². The van der Waals surface area contributed by atoms with Gasteiger partial charge in [0, 0.05) is 18.8 Å². The zero-order chi connectivity index (χ0) is 14.7. The number of rotatable bonds is 3. The van der Waals surface area contributed by atoms with Crippen LogP contribution in [0.4, 0.5) is 10.5 Å². The monoisotopic (exact) mass is 278 g/mol. The summed E-state index contributed by atoms with van der Waals surface area (Å²) >= 11 is 0. The highest BCUT2D eigenvalue weighted by Gasteiger charge is 2.36. The lowest BCUT2D eigenvalue weighted by atomic mass is 9.99. The summed E-state index contributed by atoms with van der Waals surface area (Å²) in [6.07, 6.45) is 0. The molecule has 20 heavy (non-hydrogen) atoms. The Balaban J connectivity index is 1.96. The van der Waals surface area contributed by atoms with Gasteiger partial charge in [-0.05, 0) is 30.2 Å². The molecule has 2 atom stereocenters. The molecule has 0 radical (unpaired) electrons. The van der Waals surface area contributed by atoms with Crippen molar-refractivity contribution in [1.29, 1.82) is 0 Å². The number of anilines is 1. The van der Waals surface area contributed by atoms with Crippen LogP contribution >= 0.6 is 0 Å². The van der Waals surface area contributed by atoms with Crippen LogP contribution in [0.25, 0.3) is 0 Å². The van der Waals surface area contributed by atoms with Crippen molar-refractivity contribution in [3.8, 4) is 5.75 Å². The van der Waals surface area contributed by atoms with Crippen molar-refractivity contribution in [3.05, 3.63) is 24.3 Å². The first kappa shape index (κ1) is 14.2. The third kappa shape index (κ3) is 3.01. The van der Waals surface area contributed by atoms with Gasteiger partial charge in [-0.1, -0.05) is 6.92 Å². The molecule has 0 aliphatic carbocycles. The maximum absolute atomic E-state index is 12.1. The van der Waals surface area contributed by atoms with E-state index >= 15 is 0 Å². The molecule has 2 rings (SSSR count). The zero-order valence-corrected chi connectivity index (χ0v) is 11.5. The number of carbonyl (C=O) groups excluding carboxylic acids is 1. The Morgan fingerprint density at radius 3 is 2.45 bits per heavy atom. The predicted octanol–water partition coefficient (Wildman–Crippen LogP) is 1.88. The van der Waals surface area contributed by atoms with Crippen LogP contribution in [0.1, 0.15) is 6.92 Å². The highest BCUT2D eigenvalue weighted by Crippen LogP contribution is 2.24. The van der Waals surface area contributed by atoms with Gasteiger partial charge in [0.1, 0.15) is 5.75 Å². The van der Waals surface area contributed by atoms with Gasteiger partial charge in [0.25, 0.3) is 0 Å². The molecule has 2 unspecified atom stereocenters. The quantitative estimate of drug-likeness (QED) is 0.884. The molecule has 6 nitrogen and oxygen atoms in total. The molecule has 1 aromatic rings. The fraction of sp³-hybridized carbons (Fsp3) is 0.429. The molecule has 1 heterocycles. The number of urea groups is 1. The van der Waals surface area contributed by atoms with Gasteiger partial charge < -0.3 is 20.1 Å². The van der Waals surface area contributed by atoms with E-state index in [1.165, 1.54) is 4.90 Å². The SMILES string of the molecule is COc1ccc(NC(=O)N2CC(C)C(C(=O)O)C2)cc1. The van der Waals surface area contributed by atoms with Gasteiger partial charge in [0.05, 0.1) is 13.0 Å². The topological polar surface area (TPSA) is 78.9 Å². The Kier molecular flexibility index (Phi) is 4.12. The first-order valence-electron chi connectivity index (χ1n) is 6.44. The molecule has 2 N–H and O–H groups in total. The van der Waals surface area contributed by atoms with Crippen molar-refractivity contribution in [3.63, 3.8) is 0 Å². The standard InChI is InChI=1S/C14H18N2O4/c1-9-7-16(8-12(9)13(17)18)14(19)15-10-3-5-11(20-2)6-4-10/h3-6,9,12H,7-8H2,1-2H3,(H,15,19)(H,17,18). The lowest BCUT2D eigenvalue weighted by Crippen LogP contribution is -2.33. The number of carboxylic acids is 1. The number of nitrogens with one attached hydrogen (secondary N) is 1. The van der Waals surface area contributed by atoms with Crippen molar-refractivity contribution >= 4 is 17.7 Å². The number of benzene rings is 1. The lowest BCUT2D eigenvalue weighted by molar-refractivity contribution is -0.142. The fourth-order valence-corrected chi connectivity index (χ4v) is 2.33. The minimum absolute atomic E-state index is 0.0332. The van der Waals surface area contributed by atoms with E-state index in [0.717, 1.165) is 0 Å². The summed E-state index contributed by atoms with van der Waals surface area (Å²) < 4.78 is 5.04. The fourth-order valence-electron chi connectivity index (χ4n) is 2.33. The summed E-state index contributed by atoms with van der Waals surface area (Å²) in [5.41, 5.74) is 0.655. The lowest BCUT2D eigenvalue weighted by Gasteiger charge is -2.17. The molecule has 1 aliphatic rings. The predicted molar refractivity (Wildman–Crippen MR) is 73.9 cm³/mol.